The maximum Gasteiger partial charge on any atom is 0.126 e. The fraction of sp³-hybridized carbons (Fsp3) is 0.727. The molecule has 4 nitrogen and oxygen atoms in total. The van der Waals surface area contributed by atoms with Crippen molar-refractivity contribution in [1.82, 2.24) is 9.78 Å². The Bertz CT molecular complexity index is 369. The van der Waals surface area contributed by atoms with Crippen LogP contribution in [0.15, 0.2) is 6.20 Å². The maximum atomic E-state index is 10.4. The van der Waals surface area contributed by atoms with Gasteiger partial charge in [0.05, 0.1) is 22.5 Å². The van der Waals surface area contributed by atoms with Crippen LogP contribution in [0.1, 0.15) is 38.0 Å². The molecule has 2 rings (SSSR count). The second kappa shape index (κ2) is 4.35. The van der Waals surface area contributed by atoms with Crippen LogP contribution in [-0.4, -0.2) is 27.6 Å². The van der Waals surface area contributed by atoms with Crippen molar-refractivity contribution in [1.29, 1.82) is 0 Å². The van der Waals surface area contributed by atoms with Crippen LogP contribution < -0.4 is 0 Å². The molecule has 0 aromatic carbocycles. The first-order valence-corrected chi connectivity index (χ1v) is 5.97. The summed E-state index contributed by atoms with van der Waals surface area (Å²) in [7, 11) is 1.64. The molecule has 1 atom stereocenters. The second-order valence-corrected chi connectivity index (χ2v) is 4.63. The van der Waals surface area contributed by atoms with Crippen LogP contribution in [0, 0.1) is 0 Å². The molecule has 5 heteroatoms. The van der Waals surface area contributed by atoms with E-state index in [-0.39, 0.29) is 0 Å². The molecule has 0 amide bonds. The molecule has 1 aliphatic rings. The van der Waals surface area contributed by atoms with Gasteiger partial charge in [0.25, 0.3) is 0 Å². The zero-order valence-corrected chi connectivity index (χ0v) is 10.4. The Morgan fingerprint density at radius 1 is 1.69 bits per heavy atom. The minimum atomic E-state index is -0.693. The molecule has 0 aliphatic heterocycles. The lowest BCUT2D eigenvalue weighted by atomic mass is 9.74. The summed E-state index contributed by atoms with van der Waals surface area (Å²) in [6, 6.07) is 0. The van der Waals surface area contributed by atoms with Crippen LogP contribution in [0.25, 0.3) is 0 Å². The van der Waals surface area contributed by atoms with Gasteiger partial charge >= 0.3 is 0 Å². The number of halogens is 1. The van der Waals surface area contributed by atoms with Gasteiger partial charge in [-0.2, -0.15) is 5.10 Å². The molecule has 0 spiro atoms. The third kappa shape index (κ3) is 1.65. The highest BCUT2D eigenvalue weighted by Gasteiger charge is 2.46. The fourth-order valence-corrected chi connectivity index (χ4v) is 2.50. The molecule has 1 aromatic rings. The molecule has 90 valence electrons. The van der Waals surface area contributed by atoms with E-state index in [1.54, 1.807) is 18.0 Å². The minimum Gasteiger partial charge on any atom is -0.384 e. The number of rotatable bonds is 4. The highest BCUT2D eigenvalue weighted by atomic mass is 35.5. The van der Waals surface area contributed by atoms with Gasteiger partial charge in [-0.1, -0.05) is 11.6 Å². The number of aliphatic hydroxyl groups excluding tert-OH is 1. The number of aryl methyl sites for hydroxylation is 1. The van der Waals surface area contributed by atoms with E-state index in [0.29, 0.717) is 17.3 Å². The zero-order chi connectivity index (χ0) is 11.8. The van der Waals surface area contributed by atoms with Crippen molar-refractivity contribution < 1.29 is 9.84 Å². The summed E-state index contributed by atoms with van der Waals surface area (Å²) in [5, 5.41) is 15.0. The molecule has 1 fully saturated rings. The summed E-state index contributed by atoms with van der Waals surface area (Å²) in [6.45, 7) is 2.67. The number of hydrogen-bond acceptors (Lipinski definition) is 3. The van der Waals surface area contributed by atoms with Crippen molar-refractivity contribution in [2.75, 3.05) is 7.11 Å². The van der Waals surface area contributed by atoms with Gasteiger partial charge in [-0.3, -0.25) is 4.68 Å². The molecular weight excluding hydrogens is 228 g/mol. The van der Waals surface area contributed by atoms with Gasteiger partial charge in [0.1, 0.15) is 6.10 Å². The van der Waals surface area contributed by atoms with E-state index in [4.69, 9.17) is 16.3 Å². The van der Waals surface area contributed by atoms with E-state index in [2.05, 4.69) is 5.10 Å². The summed E-state index contributed by atoms with van der Waals surface area (Å²) in [4.78, 5) is 0. The van der Waals surface area contributed by atoms with Crippen LogP contribution in [0.3, 0.4) is 0 Å². The molecule has 0 bridgehead atoms. The quantitative estimate of drug-likeness (QED) is 0.883. The van der Waals surface area contributed by atoms with Crippen LogP contribution in [0.5, 0.6) is 0 Å². The zero-order valence-electron chi connectivity index (χ0n) is 9.61. The Morgan fingerprint density at radius 3 is 2.81 bits per heavy atom. The molecule has 1 unspecified atom stereocenters. The maximum absolute atomic E-state index is 10.4. The summed E-state index contributed by atoms with van der Waals surface area (Å²) >= 11 is 6.06. The number of methoxy groups -OCH3 is 1. The molecule has 1 heterocycles. The monoisotopic (exact) mass is 244 g/mol. The standard InChI is InChI=1S/C11H17ClN2O2/c1-3-14-9(8(12)7-13-14)10(15)11(16-2)5-4-6-11/h7,10,15H,3-6H2,1-2H3. The Labute approximate surface area is 100 Å². The van der Waals surface area contributed by atoms with Gasteiger partial charge < -0.3 is 9.84 Å². The lowest BCUT2D eigenvalue weighted by molar-refractivity contribution is -0.154. The van der Waals surface area contributed by atoms with E-state index in [1.165, 1.54) is 0 Å². The summed E-state index contributed by atoms with van der Waals surface area (Å²) in [5.74, 6) is 0. The molecule has 1 aromatic heterocycles. The van der Waals surface area contributed by atoms with Gasteiger partial charge in [-0.15, -0.1) is 0 Å². The van der Waals surface area contributed by atoms with E-state index in [1.807, 2.05) is 6.92 Å². The lowest BCUT2D eigenvalue weighted by Gasteiger charge is -2.44. The van der Waals surface area contributed by atoms with Crippen molar-refractivity contribution in [2.45, 2.75) is 44.4 Å². The molecule has 1 N–H and O–H groups in total. The summed E-state index contributed by atoms with van der Waals surface area (Å²) in [5.41, 5.74) is 0.210. The molecular formula is C11H17ClN2O2. The number of ether oxygens (including phenoxy) is 1. The Balaban J connectivity index is 2.32. The molecule has 0 saturated heterocycles. The first-order valence-electron chi connectivity index (χ1n) is 5.59. The third-order valence-electron chi connectivity index (χ3n) is 3.50. The van der Waals surface area contributed by atoms with E-state index >= 15 is 0 Å². The largest absolute Gasteiger partial charge is 0.384 e. The van der Waals surface area contributed by atoms with Gasteiger partial charge in [-0.05, 0) is 26.2 Å². The lowest BCUT2D eigenvalue weighted by Crippen LogP contribution is -2.45. The third-order valence-corrected chi connectivity index (χ3v) is 3.79. The molecule has 1 aliphatic carbocycles. The smallest absolute Gasteiger partial charge is 0.126 e. The van der Waals surface area contributed by atoms with Gasteiger partial charge in [-0.25, -0.2) is 0 Å². The highest BCUT2D eigenvalue weighted by Crippen LogP contribution is 2.46. The average molecular weight is 245 g/mol. The van der Waals surface area contributed by atoms with Crippen molar-refractivity contribution >= 4 is 11.6 Å². The Morgan fingerprint density at radius 2 is 2.38 bits per heavy atom. The Hall–Kier alpha value is -0.580. The minimum absolute atomic E-state index is 0.462. The van der Waals surface area contributed by atoms with Gasteiger partial charge in [0.2, 0.25) is 0 Å². The normalized spacial score (nSPS) is 20.5. The van der Waals surface area contributed by atoms with Crippen molar-refractivity contribution in [3.05, 3.63) is 16.9 Å². The summed E-state index contributed by atoms with van der Waals surface area (Å²) in [6.07, 6.45) is 3.71. The van der Waals surface area contributed by atoms with E-state index in [9.17, 15) is 5.11 Å². The van der Waals surface area contributed by atoms with Crippen molar-refractivity contribution in [3.8, 4) is 0 Å². The summed E-state index contributed by atoms with van der Waals surface area (Å²) < 4.78 is 7.19. The number of hydrogen-bond donors (Lipinski definition) is 1. The molecule has 0 radical (unpaired) electrons. The van der Waals surface area contributed by atoms with Gasteiger partial charge in [0, 0.05) is 13.7 Å². The topological polar surface area (TPSA) is 47.3 Å². The van der Waals surface area contributed by atoms with Gasteiger partial charge in [0.15, 0.2) is 0 Å². The first-order chi connectivity index (χ1) is 7.64. The van der Waals surface area contributed by atoms with Crippen molar-refractivity contribution in [3.63, 3.8) is 0 Å². The fourth-order valence-electron chi connectivity index (χ4n) is 2.26. The predicted molar refractivity (Wildman–Crippen MR) is 61.5 cm³/mol. The van der Waals surface area contributed by atoms with Crippen LogP contribution in [0.2, 0.25) is 5.02 Å². The highest BCUT2D eigenvalue weighted by molar-refractivity contribution is 6.31. The second-order valence-electron chi connectivity index (χ2n) is 4.22. The average Bonchev–Trinajstić information content (AvgIpc) is 2.58. The van der Waals surface area contributed by atoms with E-state index in [0.717, 1.165) is 19.3 Å². The number of nitrogens with zero attached hydrogens (tertiary/aromatic N) is 2. The van der Waals surface area contributed by atoms with Crippen LogP contribution in [0.4, 0.5) is 0 Å². The van der Waals surface area contributed by atoms with Crippen molar-refractivity contribution in [2.24, 2.45) is 0 Å². The van der Waals surface area contributed by atoms with Crippen LogP contribution in [-0.2, 0) is 11.3 Å². The molecule has 1 saturated carbocycles. The first kappa shape index (κ1) is 11.9. The number of aromatic nitrogens is 2. The molecule has 16 heavy (non-hydrogen) atoms. The van der Waals surface area contributed by atoms with E-state index < -0.39 is 11.7 Å². The predicted octanol–water partition coefficient (Wildman–Crippen LogP) is 2.16. The number of aliphatic hydroxyl groups is 1. The van der Waals surface area contributed by atoms with Crippen LogP contribution >= 0.6 is 11.6 Å². The SMILES string of the molecule is CCn1ncc(Cl)c1C(O)C1(OC)CCC1. The Kier molecular flexibility index (Phi) is 3.24.